The summed E-state index contributed by atoms with van der Waals surface area (Å²) >= 11 is 1.51. The Balaban J connectivity index is 2.08. The third-order valence-corrected chi connectivity index (χ3v) is 3.90. The van der Waals surface area contributed by atoms with E-state index in [2.05, 4.69) is 16.9 Å². The van der Waals surface area contributed by atoms with Crippen LogP contribution >= 0.6 is 11.3 Å². The van der Waals surface area contributed by atoms with E-state index in [1.54, 1.807) is 6.33 Å². The van der Waals surface area contributed by atoms with E-state index in [1.807, 2.05) is 41.1 Å². The average Bonchev–Trinajstić information content (AvgIpc) is 3.05. The van der Waals surface area contributed by atoms with Crippen molar-refractivity contribution in [1.29, 1.82) is 0 Å². The van der Waals surface area contributed by atoms with Crippen LogP contribution in [-0.4, -0.2) is 14.5 Å². The largest absolute Gasteiger partial charge is 0.389 e. The van der Waals surface area contributed by atoms with Gasteiger partial charge in [0.1, 0.15) is 15.7 Å². The summed E-state index contributed by atoms with van der Waals surface area (Å²) in [7, 11) is 0. The molecule has 0 amide bonds. The van der Waals surface area contributed by atoms with Gasteiger partial charge >= 0.3 is 0 Å². The molecule has 3 aromatic rings. The Morgan fingerprint density at radius 1 is 1.26 bits per heavy atom. The van der Waals surface area contributed by atoms with Crippen molar-refractivity contribution in [2.75, 3.05) is 5.73 Å². The van der Waals surface area contributed by atoms with E-state index in [9.17, 15) is 0 Å². The summed E-state index contributed by atoms with van der Waals surface area (Å²) in [5.41, 5.74) is 8.99. The molecule has 0 bridgehead atoms. The second-order valence-corrected chi connectivity index (χ2v) is 5.19. The number of imidazole rings is 1. The zero-order valence-corrected chi connectivity index (χ0v) is 11.4. The van der Waals surface area contributed by atoms with Crippen molar-refractivity contribution in [2.45, 2.75) is 13.5 Å². The highest BCUT2D eigenvalue weighted by Crippen LogP contribution is 2.35. The van der Waals surface area contributed by atoms with Gasteiger partial charge in [-0.25, -0.2) is 9.97 Å². The van der Waals surface area contributed by atoms with Gasteiger partial charge in [-0.15, -0.1) is 0 Å². The van der Waals surface area contributed by atoms with Gasteiger partial charge in [0.05, 0.1) is 18.2 Å². The Labute approximate surface area is 115 Å². The molecular weight excluding hydrogens is 256 g/mol. The molecule has 19 heavy (non-hydrogen) atoms. The molecule has 0 spiro atoms. The van der Waals surface area contributed by atoms with Crippen LogP contribution in [0.5, 0.6) is 0 Å². The first-order chi connectivity index (χ1) is 9.29. The van der Waals surface area contributed by atoms with Crippen molar-refractivity contribution >= 4 is 16.3 Å². The number of benzene rings is 1. The lowest BCUT2D eigenvalue weighted by molar-refractivity contribution is 0.767. The summed E-state index contributed by atoms with van der Waals surface area (Å²) in [6.07, 6.45) is 3.61. The van der Waals surface area contributed by atoms with E-state index in [1.165, 1.54) is 11.3 Å². The monoisotopic (exact) mass is 270 g/mol. The minimum absolute atomic E-state index is 0.731. The zero-order valence-electron chi connectivity index (χ0n) is 10.6. The first-order valence-electron chi connectivity index (χ1n) is 6.12. The number of hydrogen-bond donors (Lipinski definition) is 1. The van der Waals surface area contributed by atoms with Crippen LogP contribution in [0.3, 0.4) is 0 Å². The standard InChI is InChI=1S/C14H14N4S/c1-2-18-9-16-8-11(18)12-13(15)19-14(17-12)10-6-4-3-5-7-10/h3-9H,2,15H2,1H3. The smallest absolute Gasteiger partial charge is 0.126 e. The number of nitrogens with zero attached hydrogens (tertiary/aromatic N) is 3. The van der Waals surface area contributed by atoms with Crippen LogP contribution in [0.25, 0.3) is 22.0 Å². The average molecular weight is 270 g/mol. The third-order valence-electron chi connectivity index (χ3n) is 2.97. The summed E-state index contributed by atoms with van der Waals surface area (Å²) in [4.78, 5) is 8.83. The normalized spacial score (nSPS) is 10.8. The van der Waals surface area contributed by atoms with Crippen LogP contribution in [-0.2, 0) is 6.54 Å². The first-order valence-corrected chi connectivity index (χ1v) is 6.93. The van der Waals surface area contributed by atoms with E-state index >= 15 is 0 Å². The summed E-state index contributed by atoms with van der Waals surface area (Å²) < 4.78 is 2.04. The second kappa shape index (κ2) is 4.85. The fraction of sp³-hybridized carbons (Fsp3) is 0.143. The predicted molar refractivity (Wildman–Crippen MR) is 78.9 cm³/mol. The van der Waals surface area contributed by atoms with Crippen molar-refractivity contribution in [2.24, 2.45) is 0 Å². The second-order valence-electron chi connectivity index (χ2n) is 4.16. The van der Waals surface area contributed by atoms with Crippen LogP contribution in [0, 0.1) is 0 Å². The molecule has 2 N–H and O–H groups in total. The van der Waals surface area contributed by atoms with Gasteiger partial charge in [-0.2, -0.15) is 0 Å². The van der Waals surface area contributed by atoms with Crippen molar-refractivity contribution in [3.05, 3.63) is 42.9 Å². The van der Waals surface area contributed by atoms with E-state index in [-0.39, 0.29) is 0 Å². The number of hydrogen-bond acceptors (Lipinski definition) is 4. The molecule has 0 saturated carbocycles. The molecule has 0 aliphatic carbocycles. The molecule has 3 rings (SSSR count). The van der Waals surface area contributed by atoms with E-state index in [4.69, 9.17) is 5.73 Å². The Morgan fingerprint density at radius 3 is 2.79 bits per heavy atom. The number of aryl methyl sites for hydroxylation is 1. The maximum absolute atomic E-state index is 6.11. The van der Waals surface area contributed by atoms with Gasteiger partial charge in [0.15, 0.2) is 0 Å². The van der Waals surface area contributed by atoms with Crippen LogP contribution in [0.1, 0.15) is 6.92 Å². The van der Waals surface area contributed by atoms with E-state index in [0.717, 1.165) is 33.5 Å². The number of aromatic nitrogens is 3. The molecule has 5 heteroatoms. The molecule has 4 nitrogen and oxygen atoms in total. The number of anilines is 1. The minimum atomic E-state index is 0.731. The van der Waals surface area contributed by atoms with Gasteiger partial charge in [-0.1, -0.05) is 41.7 Å². The summed E-state index contributed by atoms with van der Waals surface area (Å²) in [6, 6.07) is 10.1. The number of nitrogens with two attached hydrogens (primary N) is 1. The number of nitrogen functional groups attached to an aromatic ring is 1. The van der Waals surface area contributed by atoms with Gasteiger partial charge in [0.25, 0.3) is 0 Å². The highest BCUT2D eigenvalue weighted by atomic mass is 32.1. The molecule has 0 radical (unpaired) electrons. The molecule has 2 aromatic heterocycles. The van der Waals surface area contributed by atoms with Crippen LogP contribution in [0.2, 0.25) is 0 Å². The Morgan fingerprint density at radius 2 is 2.05 bits per heavy atom. The molecule has 0 saturated heterocycles. The maximum atomic E-state index is 6.11. The topological polar surface area (TPSA) is 56.7 Å². The Hall–Kier alpha value is -2.14. The fourth-order valence-corrected chi connectivity index (χ4v) is 2.84. The SMILES string of the molecule is CCn1cncc1-c1nc(-c2ccccc2)sc1N. The molecule has 0 aliphatic heterocycles. The van der Waals surface area contributed by atoms with Crippen LogP contribution in [0.4, 0.5) is 5.00 Å². The molecule has 2 heterocycles. The number of rotatable bonds is 3. The summed E-state index contributed by atoms with van der Waals surface area (Å²) in [5, 5.41) is 1.67. The Bertz CT molecular complexity index is 685. The summed E-state index contributed by atoms with van der Waals surface area (Å²) in [5.74, 6) is 0. The molecule has 0 atom stereocenters. The highest BCUT2D eigenvalue weighted by Gasteiger charge is 2.14. The quantitative estimate of drug-likeness (QED) is 0.794. The maximum Gasteiger partial charge on any atom is 0.126 e. The molecule has 1 aromatic carbocycles. The third kappa shape index (κ3) is 2.13. The van der Waals surface area contributed by atoms with Crippen molar-refractivity contribution in [1.82, 2.24) is 14.5 Å². The van der Waals surface area contributed by atoms with Gasteiger partial charge in [-0.05, 0) is 6.92 Å². The fourth-order valence-electron chi connectivity index (χ4n) is 1.99. The Kier molecular flexibility index (Phi) is 3.05. The molecule has 0 aliphatic rings. The molecular formula is C14H14N4S. The first kappa shape index (κ1) is 11.9. The molecule has 0 unspecified atom stereocenters. The van der Waals surface area contributed by atoms with Crippen molar-refractivity contribution < 1.29 is 0 Å². The van der Waals surface area contributed by atoms with Gasteiger partial charge < -0.3 is 10.3 Å². The highest BCUT2D eigenvalue weighted by molar-refractivity contribution is 7.19. The lowest BCUT2D eigenvalue weighted by atomic mass is 10.2. The lowest BCUT2D eigenvalue weighted by Crippen LogP contribution is -1.96. The molecule has 0 fully saturated rings. The zero-order chi connectivity index (χ0) is 13.2. The molecule has 96 valence electrons. The van der Waals surface area contributed by atoms with E-state index in [0.29, 0.717) is 0 Å². The van der Waals surface area contributed by atoms with Crippen molar-refractivity contribution in [3.8, 4) is 22.0 Å². The van der Waals surface area contributed by atoms with Gasteiger partial charge in [-0.3, -0.25) is 0 Å². The van der Waals surface area contributed by atoms with E-state index < -0.39 is 0 Å². The summed E-state index contributed by atoms with van der Waals surface area (Å²) in [6.45, 7) is 2.93. The van der Waals surface area contributed by atoms with Gasteiger partial charge in [0, 0.05) is 12.1 Å². The van der Waals surface area contributed by atoms with Crippen LogP contribution < -0.4 is 5.73 Å². The van der Waals surface area contributed by atoms with Gasteiger partial charge in [0.2, 0.25) is 0 Å². The minimum Gasteiger partial charge on any atom is -0.389 e. The lowest BCUT2D eigenvalue weighted by Gasteiger charge is -2.02. The predicted octanol–water partition coefficient (Wildman–Crippen LogP) is 3.28. The van der Waals surface area contributed by atoms with Crippen molar-refractivity contribution in [3.63, 3.8) is 0 Å². The number of thiazole rings is 1. The van der Waals surface area contributed by atoms with Crippen LogP contribution in [0.15, 0.2) is 42.9 Å².